The molecule has 0 aliphatic carbocycles. The van der Waals surface area contributed by atoms with Crippen molar-refractivity contribution in [3.8, 4) is 0 Å². The maximum atomic E-state index is 12.8. The number of aromatic nitrogens is 2. The number of nitrogens with zero attached hydrogens (tertiary/aromatic N) is 2. The molecule has 0 atom stereocenters. The first-order chi connectivity index (χ1) is 14.5. The summed E-state index contributed by atoms with van der Waals surface area (Å²) >= 11 is 7.05. The zero-order valence-corrected chi connectivity index (χ0v) is 17.6. The van der Waals surface area contributed by atoms with Crippen LogP contribution in [0, 0.1) is 0 Å². The summed E-state index contributed by atoms with van der Waals surface area (Å²) in [7, 11) is 1.53. The van der Waals surface area contributed by atoms with Gasteiger partial charge in [-0.2, -0.15) is 0 Å². The molecule has 0 aliphatic heterocycles. The maximum absolute atomic E-state index is 12.8. The minimum Gasteiger partial charge on any atom is -0.467 e. The minimum atomic E-state index is -0.646. The van der Waals surface area contributed by atoms with Gasteiger partial charge in [0.15, 0.2) is 5.16 Å². The van der Waals surface area contributed by atoms with Gasteiger partial charge in [0.05, 0.1) is 42.6 Å². The number of ether oxygens (including phenoxy) is 1. The van der Waals surface area contributed by atoms with Crippen molar-refractivity contribution in [2.75, 3.05) is 19.5 Å². The van der Waals surface area contributed by atoms with E-state index < -0.39 is 11.9 Å². The SMILES string of the molecule is COCCn1c(SCC(=O)NC(=O)NCc2ccco2)nc2cc(Cl)ccc2c1=O. The average molecular weight is 451 g/mol. The van der Waals surface area contributed by atoms with Gasteiger partial charge < -0.3 is 14.5 Å². The number of hydrogen-bond acceptors (Lipinski definition) is 7. The molecule has 0 radical (unpaired) electrons. The van der Waals surface area contributed by atoms with Crippen molar-refractivity contribution in [1.82, 2.24) is 20.2 Å². The predicted molar refractivity (Wildman–Crippen MR) is 113 cm³/mol. The van der Waals surface area contributed by atoms with Gasteiger partial charge in [0.1, 0.15) is 5.76 Å². The molecule has 3 aromatic rings. The second kappa shape index (κ2) is 10.3. The van der Waals surface area contributed by atoms with E-state index in [1.54, 1.807) is 30.3 Å². The van der Waals surface area contributed by atoms with E-state index in [1.807, 2.05) is 0 Å². The summed E-state index contributed by atoms with van der Waals surface area (Å²) in [5.74, 6) is -0.0801. The zero-order chi connectivity index (χ0) is 21.5. The number of amides is 3. The number of hydrogen-bond donors (Lipinski definition) is 2. The van der Waals surface area contributed by atoms with Gasteiger partial charge in [-0.3, -0.25) is 19.5 Å². The molecule has 158 valence electrons. The monoisotopic (exact) mass is 450 g/mol. The van der Waals surface area contributed by atoms with E-state index in [4.69, 9.17) is 20.8 Å². The van der Waals surface area contributed by atoms with Crippen molar-refractivity contribution in [3.05, 3.63) is 57.7 Å². The number of halogens is 1. The molecule has 2 aromatic heterocycles. The smallest absolute Gasteiger partial charge is 0.321 e. The van der Waals surface area contributed by atoms with E-state index >= 15 is 0 Å². The van der Waals surface area contributed by atoms with Crippen LogP contribution in [0.3, 0.4) is 0 Å². The summed E-state index contributed by atoms with van der Waals surface area (Å²) in [6, 6.07) is 7.58. The van der Waals surface area contributed by atoms with Crippen LogP contribution in [0.15, 0.2) is 51.0 Å². The Labute approximate surface area is 180 Å². The molecule has 11 heteroatoms. The molecular formula is C19H19ClN4O5S. The standard InChI is InChI=1S/C19H19ClN4O5S/c1-28-8-6-24-17(26)14-5-4-12(20)9-15(14)22-19(24)30-11-16(25)23-18(27)21-10-13-3-2-7-29-13/h2-5,7,9H,6,8,10-11H2,1H3,(H2,21,23,25,27). The van der Waals surface area contributed by atoms with Crippen LogP contribution in [0.1, 0.15) is 5.76 Å². The van der Waals surface area contributed by atoms with E-state index in [0.717, 1.165) is 11.8 Å². The number of methoxy groups -OCH3 is 1. The third-order valence-corrected chi connectivity index (χ3v) is 5.20. The predicted octanol–water partition coefficient (Wildman–Crippen LogP) is 2.41. The summed E-state index contributed by atoms with van der Waals surface area (Å²) < 4.78 is 11.6. The fourth-order valence-electron chi connectivity index (χ4n) is 2.58. The number of urea groups is 1. The molecular weight excluding hydrogens is 432 g/mol. The zero-order valence-electron chi connectivity index (χ0n) is 16.0. The molecule has 0 saturated carbocycles. The van der Waals surface area contributed by atoms with Crippen LogP contribution in [0.25, 0.3) is 10.9 Å². The number of fused-ring (bicyclic) bond motifs is 1. The van der Waals surface area contributed by atoms with Crippen molar-refractivity contribution in [1.29, 1.82) is 0 Å². The van der Waals surface area contributed by atoms with E-state index in [2.05, 4.69) is 15.6 Å². The Morgan fingerprint density at radius 3 is 2.90 bits per heavy atom. The van der Waals surface area contributed by atoms with Crippen LogP contribution in [-0.2, 0) is 22.6 Å². The summed E-state index contributed by atoms with van der Waals surface area (Å²) in [4.78, 5) is 41.3. The second-order valence-corrected chi connectivity index (χ2v) is 7.48. The molecule has 2 heterocycles. The third kappa shape index (κ3) is 5.62. The molecule has 0 spiro atoms. The molecule has 0 fully saturated rings. The van der Waals surface area contributed by atoms with Gasteiger partial charge in [0.2, 0.25) is 5.91 Å². The molecule has 9 nitrogen and oxygen atoms in total. The highest BCUT2D eigenvalue weighted by Crippen LogP contribution is 2.20. The maximum Gasteiger partial charge on any atom is 0.321 e. The first-order valence-corrected chi connectivity index (χ1v) is 10.3. The largest absolute Gasteiger partial charge is 0.467 e. The van der Waals surface area contributed by atoms with Crippen LogP contribution in [0.5, 0.6) is 0 Å². The Bertz CT molecular complexity index is 1100. The van der Waals surface area contributed by atoms with Gasteiger partial charge in [0, 0.05) is 12.1 Å². The second-order valence-electron chi connectivity index (χ2n) is 6.10. The Kier molecular flexibility index (Phi) is 7.50. The van der Waals surface area contributed by atoms with E-state index in [1.165, 1.54) is 17.9 Å². The molecule has 0 saturated heterocycles. The Morgan fingerprint density at radius 1 is 1.33 bits per heavy atom. The van der Waals surface area contributed by atoms with E-state index in [9.17, 15) is 14.4 Å². The van der Waals surface area contributed by atoms with Crippen molar-refractivity contribution >= 4 is 46.2 Å². The van der Waals surface area contributed by atoms with Gasteiger partial charge >= 0.3 is 6.03 Å². The van der Waals surface area contributed by atoms with E-state index in [0.29, 0.717) is 33.4 Å². The lowest BCUT2D eigenvalue weighted by molar-refractivity contribution is -0.117. The average Bonchev–Trinajstić information content (AvgIpc) is 3.23. The van der Waals surface area contributed by atoms with Crippen LogP contribution in [-0.4, -0.2) is 41.0 Å². The third-order valence-electron chi connectivity index (χ3n) is 3.99. The molecule has 3 amide bonds. The van der Waals surface area contributed by atoms with Gasteiger partial charge in [-0.05, 0) is 30.3 Å². The van der Waals surface area contributed by atoms with Crippen molar-refractivity contribution in [3.63, 3.8) is 0 Å². The van der Waals surface area contributed by atoms with Crippen molar-refractivity contribution in [2.24, 2.45) is 0 Å². The fourth-order valence-corrected chi connectivity index (χ4v) is 3.57. The molecule has 3 rings (SSSR count). The van der Waals surface area contributed by atoms with Gasteiger partial charge in [0.25, 0.3) is 5.56 Å². The topological polar surface area (TPSA) is 115 Å². The highest BCUT2D eigenvalue weighted by molar-refractivity contribution is 7.99. The summed E-state index contributed by atoms with van der Waals surface area (Å²) in [6.45, 7) is 0.729. The lowest BCUT2D eigenvalue weighted by atomic mass is 10.2. The highest BCUT2D eigenvalue weighted by Gasteiger charge is 2.15. The first kappa shape index (κ1) is 21.9. The first-order valence-electron chi connectivity index (χ1n) is 8.90. The lowest BCUT2D eigenvalue weighted by Crippen LogP contribution is -2.40. The van der Waals surface area contributed by atoms with Crippen molar-refractivity contribution < 1.29 is 18.7 Å². The Hall–Kier alpha value is -2.82. The number of imide groups is 1. The van der Waals surface area contributed by atoms with Crippen LogP contribution in [0.4, 0.5) is 4.79 Å². The number of furan rings is 1. The molecule has 0 unspecified atom stereocenters. The Morgan fingerprint density at radius 2 is 2.17 bits per heavy atom. The van der Waals surface area contributed by atoms with Crippen molar-refractivity contribution in [2.45, 2.75) is 18.2 Å². The summed E-state index contributed by atoms with van der Waals surface area (Å²) in [5.41, 5.74) is 0.174. The molecule has 1 aromatic carbocycles. The van der Waals surface area contributed by atoms with Gasteiger partial charge in [-0.25, -0.2) is 9.78 Å². The van der Waals surface area contributed by atoms with Gasteiger partial charge in [-0.15, -0.1) is 0 Å². The highest BCUT2D eigenvalue weighted by atomic mass is 35.5. The molecule has 0 aliphatic rings. The summed E-state index contributed by atoms with van der Waals surface area (Å²) in [5, 5.41) is 5.94. The van der Waals surface area contributed by atoms with Crippen LogP contribution < -0.4 is 16.2 Å². The number of carbonyl (C=O) groups excluding carboxylic acids is 2. The molecule has 2 N–H and O–H groups in total. The number of nitrogens with one attached hydrogen (secondary N) is 2. The molecule has 0 bridgehead atoms. The minimum absolute atomic E-state index is 0.111. The quantitative estimate of drug-likeness (QED) is 0.400. The summed E-state index contributed by atoms with van der Waals surface area (Å²) in [6.07, 6.45) is 1.49. The lowest BCUT2D eigenvalue weighted by Gasteiger charge is -2.13. The number of rotatable bonds is 8. The Balaban J connectivity index is 1.68. The van der Waals surface area contributed by atoms with Gasteiger partial charge in [-0.1, -0.05) is 23.4 Å². The fraction of sp³-hybridized carbons (Fsp3) is 0.263. The van der Waals surface area contributed by atoms with Crippen LogP contribution in [0.2, 0.25) is 5.02 Å². The van der Waals surface area contributed by atoms with E-state index in [-0.39, 0.29) is 24.4 Å². The van der Waals surface area contributed by atoms with Crippen LogP contribution >= 0.6 is 23.4 Å². The number of benzene rings is 1. The normalized spacial score (nSPS) is 10.9. The number of thioether (sulfide) groups is 1. The number of carbonyl (C=O) groups is 2. The molecule has 30 heavy (non-hydrogen) atoms.